The maximum atomic E-state index is 12.2. The number of nitrogens with zero attached hydrogens (tertiary/aromatic N) is 1. The van der Waals surface area contributed by atoms with Gasteiger partial charge in [0.05, 0.1) is 10.6 Å². The second-order valence-electron chi connectivity index (χ2n) is 5.37. The number of carbonyl (C=O) groups excluding carboxylic acids is 1. The molecular weight excluding hydrogens is 326 g/mol. The third kappa shape index (κ3) is 4.66. The van der Waals surface area contributed by atoms with Crippen LogP contribution in [-0.4, -0.2) is 20.0 Å². The van der Waals surface area contributed by atoms with E-state index in [1.54, 1.807) is 43.3 Å². The number of anilines is 1. The van der Waals surface area contributed by atoms with E-state index in [1.807, 2.05) is 6.92 Å². The number of aryl methyl sites for hydroxylation is 1. The van der Waals surface area contributed by atoms with Gasteiger partial charge in [0.25, 0.3) is 10.0 Å². The molecule has 0 bridgehead atoms. The van der Waals surface area contributed by atoms with Crippen molar-refractivity contribution < 1.29 is 13.2 Å². The van der Waals surface area contributed by atoms with Crippen LogP contribution in [0.3, 0.4) is 0 Å². The fourth-order valence-corrected chi connectivity index (χ4v) is 2.85. The van der Waals surface area contributed by atoms with Gasteiger partial charge in [-0.05, 0) is 43.7 Å². The molecule has 1 amide bonds. The van der Waals surface area contributed by atoms with Gasteiger partial charge in [-0.1, -0.05) is 29.8 Å². The Balaban J connectivity index is 2.19. The van der Waals surface area contributed by atoms with Crippen LogP contribution in [0.25, 0.3) is 0 Å². The number of amides is 1. The van der Waals surface area contributed by atoms with E-state index in [-0.39, 0.29) is 10.8 Å². The molecule has 0 atom stereocenters. The highest BCUT2D eigenvalue weighted by molar-refractivity contribution is 7.89. The van der Waals surface area contributed by atoms with Gasteiger partial charge in [-0.25, -0.2) is 0 Å². The summed E-state index contributed by atoms with van der Waals surface area (Å²) in [5.41, 5.74) is 2.78. The molecule has 0 radical (unpaired) electrons. The highest BCUT2D eigenvalue weighted by Crippen LogP contribution is 2.13. The lowest BCUT2D eigenvalue weighted by molar-refractivity contribution is -0.114. The Morgan fingerprint density at radius 1 is 1.04 bits per heavy atom. The Kier molecular flexibility index (Phi) is 5.35. The van der Waals surface area contributed by atoms with Gasteiger partial charge in [-0.15, -0.1) is 0 Å². The first-order chi connectivity index (χ1) is 11.3. The van der Waals surface area contributed by atoms with E-state index in [2.05, 4.69) is 15.2 Å². The third-order valence-corrected chi connectivity index (χ3v) is 4.49. The summed E-state index contributed by atoms with van der Waals surface area (Å²) >= 11 is 0. The minimum Gasteiger partial charge on any atom is -0.326 e. The lowest BCUT2D eigenvalue weighted by Crippen LogP contribution is -2.20. The molecule has 126 valence electrons. The van der Waals surface area contributed by atoms with Crippen molar-refractivity contribution in [1.82, 2.24) is 4.83 Å². The summed E-state index contributed by atoms with van der Waals surface area (Å²) < 4.78 is 24.4. The van der Waals surface area contributed by atoms with Crippen LogP contribution < -0.4 is 10.1 Å². The molecule has 0 aliphatic heterocycles. The van der Waals surface area contributed by atoms with Crippen LogP contribution >= 0.6 is 0 Å². The first-order valence-electron chi connectivity index (χ1n) is 7.29. The summed E-state index contributed by atoms with van der Waals surface area (Å²) in [6.45, 7) is 4.99. The van der Waals surface area contributed by atoms with Crippen LogP contribution in [0.4, 0.5) is 5.69 Å². The normalized spacial score (nSPS) is 11.9. The highest BCUT2D eigenvalue weighted by atomic mass is 32.2. The van der Waals surface area contributed by atoms with Crippen LogP contribution in [0.2, 0.25) is 0 Å². The van der Waals surface area contributed by atoms with Crippen molar-refractivity contribution in [2.45, 2.75) is 25.7 Å². The topological polar surface area (TPSA) is 87.6 Å². The third-order valence-electron chi connectivity index (χ3n) is 3.27. The van der Waals surface area contributed by atoms with E-state index in [0.29, 0.717) is 17.0 Å². The summed E-state index contributed by atoms with van der Waals surface area (Å²) in [5.74, 6) is -0.179. The Hall–Kier alpha value is -2.67. The minimum atomic E-state index is -3.72. The zero-order valence-corrected chi connectivity index (χ0v) is 14.5. The van der Waals surface area contributed by atoms with Crippen LogP contribution in [-0.2, 0) is 14.8 Å². The standard InChI is InChI=1S/C17H19N3O3S/c1-12-7-9-17(10-8-12)24(22,23)20-19-13(2)15-5-4-6-16(11-15)18-14(3)21/h4-11,20H,1-3H3,(H,18,21)/b19-13-. The van der Waals surface area contributed by atoms with E-state index >= 15 is 0 Å². The maximum absolute atomic E-state index is 12.2. The van der Waals surface area contributed by atoms with Crippen molar-refractivity contribution in [3.05, 3.63) is 59.7 Å². The van der Waals surface area contributed by atoms with Crippen molar-refractivity contribution in [3.8, 4) is 0 Å². The molecule has 0 unspecified atom stereocenters. The number of benzene rings is 2. The minimum absolute atomic E-state index is 0.150. The smallest absolute Gasteiger partial charge is 0.276 e. The number of nitrogens with one attached hydrogen (secondary N) is 2. The Labute approximate surface area is 141 Å². The van der Waals surface area contributed by atoms with Crippen molar-refractivity contribution in [1.29, 1.82) is 0 Å². The fourth-order valence-electron chi connectivity index (χ4n) is 1.99. The molecule has 0 aromatic heterocycles. The lowest BCUT2D eigenvalue weighted by Gasteiger charge is -2.07. The summed E-state index contributed by atoms with van der Waals surface area (Å²) in [7, 11) is -3.72. The summed E-state index contributed by atoms with van der Waals surface area (Å²) in [5, 5.41) is 6.62. The molecule has 0 aliphatic rings. The average Bonchev–Trinajstić information content (AvgIpc) is 2.53. The quantitative estimate of drug-likeness (QED) is 0.645. The van der Waals surface area contributed by atoms with E-state index in [1.165, 1.54) is 19.1 Å². The van der Waals surface area contributed by atoms with Gasteiger partial charge >= 0.3 is 0 Å². The van der Waals surface area contributed by atoms with E-state index in [0.717, 1.165) is 5.56 Å². The van der Waals surface area contributed by atoms with Crippen molar-refractivity contribution >= 4 is 27.3 Å². The van der Waals surface area contributed by atoms with E-state index in [9.17, 15) is 13.2 Å². The first-order valence-corrected chi connectivity index (χ1v) is 8.77. The number of carbonyl (C=O) groups is 1. The molecule has 2 rings (SSSR count). The zero-order chi connectivity index (χ0) is 17.7. The number of hydrazone groups is 1. The Morgan fingerprint density at radius 3 is 2.33 bits per heavy atom. The van der Waals surface area contributed by atoms with Gasteiger partial charge in [0.2, 0.25) is 5.91 Å². The van der Waals surface area contributed by atoms with E-state index < -0.39 is 10.0 Å². The largest absolute Gasteiger partial charge is 0.326 e. The Bertz CT molecular complexity index is 872. The summed E-state index contributed by atoms with van der Waals surface area (Å²) in [4.78, 5) is 13.5. The molecule has 0 aliphatic carbocycles. The predicted octanol–water partition coefficient (Wildman–Crippen LogP) is 2.66. The molecule has 0 saturated carbocycles. The molecule has 2 N–H and O–H groups in total. The molecule has 6 nitrogen and oxygen atoms in total. The van der Waals surface area contributed by atoms with Crippen molar-refractivity contribution in [2.24, 2.45) is 5.10 Å². The fraction of sp³-hybridized carbons (Fsp3) is 0.176. The van der Waals surface area contributed by atoms with Crippen LogP contribution in [0, 0.1) is 6.92 Å². The van der Waals surface area contributed by atoms with Gasteiger partial charge in [0.1, 0.15) is 0 Å². The van der Waals surface area contributed by atoms with Crippen LogP contribution in [0.1, 0.15) is 25.0 Å². The molecule has 7 heteroatoms. The first kappa shape index (κ1) is 17.7. The van der Waals surface area contributed by atoms with Gasteiger partial charge in [-0.3, -0.25) is 4.79 Å². The van der Waals surface area contributed by atoms with Crippen LogP contribution in [0.15, 0.2) is 58.5 Å². The summed E-state index contributed by atoms with van der Waals surface area (Å²) in [6.07, 6.45) is 0. The van der Waals surface area contributed by atoms with Gasteiger partial charge in [0.15, 0.2) is 0 Å². The monoisotopic (exact) mass is 345 g/mol. The lowest BCUT2D eigenvalue weighted by atomic mass is 10.1. The van der Waals surface area contributed by atoms with Crippen molar-refractivity contribution in [3.63, 3.8) is 0 Å². The number of rotatable bonds is 5. The van der Waals surface area contributed by atoms with Gasteiger partial charge in [0, 0.05) is 12.6 Å². The zero-order valence-electron chi connectivity index (χ0n) is 13.7. The molecule has 2 aromatic rings. The molecule has 2 aromatic carbocycles. The molecular formula is C17H19N3O3S. The molecule has 0 fully saturated rings. The number of hydrogen-bond donors (Lipinski definition) is 2. The maximum Gasteiger partial charge on any atom is 0.276 e. The van der Waals surface area contributed by atoms with E-state index in [4.69, 9.17) is 0 Å². The summed E-state index contributed by atoms with van der Waals surface area (Å²) in [6, 6.07) is 13.5. The molecule has 0 spiro atoms. The second-order valence-corrected chi connectivity index (χ2v) is 7.03. The highest BCUT2D eigenvalue weighted by Gasteiger charge is 2.12. The molecule has 24 heavy (non-hydrogen) atoms. The SMILES string of the molecule is CC(=O)Nc1cccc(/C(C)=N\NS(=O)(=O)c2ccc(C)cc2)c1. The molecule has 0 saturated heterocycles. The Morgan fingerprint density at radius 2 is 1.71 bits per heavy atom. The van der Waals surface area contributed by atoms with Crippen LogP contribution in [0.5, 0.6) is 0 Å². The second kappa shape index (κ2) is 7.27. The average molecular weight is 345 g/mol. The number of sulfonamides is 1. The van der Waals surface area contributed by atoms with Crippen molar-refractivity contribution in [2.75, 3.05) is 5.32 Å². The predicted molar refractivity (Wildman–Crippen MR) is 94.5 cm³/mol. The number of hydrogen-bond acceptors (Lipinski definition) is 4. The van der Waals surface area contributed by atoms with Gasteiger partial charge in [-0.2, -0.15) is 18.4 Å². The molecule has 0 heterocycles. The van der Waals surface area contributed by atoms with Gasteiger partial charge < -0.3 is 5.32 Å².